The molecule has 2 heterocycles. The van der Waals surface area contributed by atoms with Crippen molar-refractivity contribution in [2.24, 2.45) is 0 Å². The van der Waals surface area contributed by atoms with Crippen LogP contribution in [-0.2, 0) is 29.2 Å². The van der Waals surface area contributed by atoms with E-state index in [0.717, 1.165) is 28.5 Å². The molecule has 0 aliphatic rings. The number of fused-ring (bicyclic) bond motifs is 1. The lowest BCUT2D eigenvalue weighted by molar-refractivity contribution is -0.144. The zero-order valence-corrected chi connectivity index (χ0v) is 21.3. The van der Waals surface area contributed by atoms with Crippen LogP contribution in [0.4, 0.5) is 4.39 Å². The number of nitrogens with one attached hydrogen (secondary N) is 1. The Labute approximate surface area is 214 Å². The Morgan fingerprint density at radius 3 is 2.65 bits per heavy atom. The molecular weight excluding hydrogens is 475 g/mol. The number of pyridine rings is 1. The Hall–Kier alpha value is -3.92. The summed E-state index contributed by atoms with van der Waals surface area (Å²) in [5, 5.41) is 13.0. The van der Waals surface area contributed by atoms with Crippen molar-refractivity contribution in [2.75, 3.05) is 6.61 Å². The zero-order valence-electron chi connectivity index (χ0n) is 21.3. The van der Waals surface area contributed by atoms with Gasteiger partial charge in [-0.05, 0) is 71.5 Å². The largest absolute Gasteiger partial charge is 0.465 e. The van der Waals surface area contributed by atoms with Crippen LogP contribution in [0.2, 0.25) is 0 Å². The summed E-state index contributed by atoms with van der Waals surface area (Å²) < 4.78 is 20.1. The highest BCUT2D eigenvalue weighted by Crippen LogP contribution is 2.28. The molecule has 1 atom stereocenters. The maximum Gasteiger partial charge on any atom is 0.327 e. The van der Waals surface area contributed by atoms with E-state index < -0.39 is 5.97 Å². The maximum atomic E-state index is 13.6. The SMILES string of the molecule is CCCC(c1nnnn1CC(=O)OCC)N(Cc1ccc(F)cc1)Cc1cc2ccc(C)cc2[nH]c1=O. The first-order chi connectivity index (χ1) is 17.9. The Morgan fingerprint density at radius 2 is 1.92 bits per heavy atom. The summed E-state index contributed by atoms with van der Waals surface area (Å²) >= 11 is 0. The number of carbonyl (C=O) groups is 1. The van der Waals surface area contributed by atoms with Crippen LogP contribution in [0.5, 0.6) is 0 Å². The molecule has 0 aliphatic carbocycles. The number of rotatable bonds is 11. The Bertz CT molecular complexity index is 1420. The number of esters is 1. The van der Waals surface area contributed by atoms with Crippen molar-refractivity contribution >= 4 is 16.9 Å². The molecule has 0 fully saturated rings. The lowest BCUT2D eigenvalue weighted by atomic mass is 10.0. The van der Waals surface area contributed by atoms with E-state index >= 15 is 0 Å². The molecule has 0 radical (unpaired) electrons. The number of hydrogen-bond acceptors (Lipinski definition) is 7. The van der Waals surface area contributed by atoms with Gasteiger partial charge in [-0.1, -0.05) is 37.6 Å². The molecule has 9 nitrogen and oxygen atoms in total. The molecule has 0 spiro atoms. The van der Waals surface area contributed by atoms with Gasteiger partial charge in [-0.25, -0.2) is 9.07 Å². The number of ether oxygens (including phenoxy) is 1. The van der Waals surface area contributed by atoms with Gasteiger partial charge in [-0.15, -0.1) is 5.10 Å². The second-order valence-corrected chi connectivity index (χ2v) is 9.05. The van der Waals surface area contributed by atoms with Gasteiger partial charge in [0.25, 0.3) is 5.56 Å². The first kappa shape index (κ1) is 26.2. The van der Waals surface area contributed by atoms with Gasteiger partial charge in [0.15, 0.2) is 5.82 Å². The molecule has 0 saturated carbocycles. The number of carbonyl (C=O) groups excluding carboxylic acids is 1. The van der Waals surface area contributed by atoms with E-state index in [1.54, 1.807) is 19.1 Å². The number of halogens is 1. The van der Waals surface area contributed by atoms with E-state index in [0.29, 0.717) is 30.9 Å². The molecule has 1 N–H and O–H groups in total. The molecule has 2 aromatic carbocycles. The molecule has 0 amide bonds. The number of aromatic amines is 1. The third-order valence-corrected chi connectivity index (χ3v) is 6.20. The predicted molar refractivity (Wildman–Crippen MR) is 137 cm³/mol. The summed E-state index contributed by atoms with van der Waals surface area (Å²) in [6.45, 7) is 6.63. The standard InChI is InChI=1S/C27H31FN6O3/c1-4-6-24(26-30-31-32-34(26)17-25(35)37-5-2)33(15-19-8-11-22(28)12-9-19)16-21-14-20-10-7-18(3)13-23(20)29-27(21)36/h7-14,24H,4-6,15-17H2,1-3H3,(H,29,36). The van der Waals surface area contributed by atoms with E-state index in [4.69, 9.17) is 4.74 Å². The normalized spacial score (nSPS) is 12.2. The van der Waals surface area contributed by atoms with Crippen molar-refractivity contribution in [1.82, 2.24) is 30.1 Å². The fourth-order valence-corrected chi connectivity index (χ4v) is 4.44. The summed E-state index contributed by atoms with van der Waals surface area (Å²) in [5.41, 5.74) is 3.12. The smallest absolute Gasteiger partial charge is 0.327 e. The second kappa shape index (κ2) is 11.9. The lowest BCUT2D eigenvalue weighted by Crippen LogP contribution is -2.33. The topological polar surface area (TPSA) is 106 Å². The van der Waals surface area contributed by atoms with Crippen LogP contribution in [0.1, 0.15) is 55.2 Å². The van der Waals surface area contributed by atoms with Crippen molar-refractivity contribution < 1.29 is 13.9 Å². The first-order valence-electron chi connectivity index (χ1n) is 12.4. The maximum absolute atomic E-state index is 13.6. The molecule has 1 unspecified atom stereocenters. The summed E-state index contributed by atoms with van der Waals surface area (Å²) in [7, 11) is 0. The Balaban J connectivity index is 1.73. The minimum Gasteiger partial charge on any atom is -0.465 e. The number of H-pyrrole nitrogens is 1. The van der Waals surface area contributed by atoms with E-state index in [1.807, 2.05) is 38.1 Å². The zero-order chi connectivity index (χ0) is 26.4. The first-order valence-corrected chi connectivity index (χ1v) is 12.4. The molecular formula is C27H31FN6O3. The Kier molecular flexibility index (Phi) is 8.39. The molecule has 37 heavy (non-hydrogen) atoms. The predicted octanol–water partition coefficient (Wildman–Crippen LogP) is 4.07. The van der Waals surface area contributed by atoms with Crippen molar-refractivity contribution in [3.05, 3.63) is 87.2 Å². The van der Waals surface area contributed by atoms with Crippen LogP contribution >= 0.6 is 0 Å². The van der Waals surface area contributed by atoms with Crippen molar-refractivity contribution in [2.45, 2.75) is 59.3 Å². The number of hydrogen-bond donors (Lipinski definition) is 1. The van der Waals surface area contributed by atoms with Crippen molar-refractivity contribution in [3.8, 4) is 0 Å². The van der Waals surface area contributed by atoms with Gasteiger partial charge in [0.05, 0.1) is 12.6 Å². The molecule has 4 rings (SSSR count). The van der Waals surface area contributed by atoms with Crippen LogP contribution in [0, 0.1) is 12.7 Å². The van der Waals surface area contributed by atoms with Gasteiger partial charge in [0.1, 0.15) is 12.4 Å². The monoisotopic (exact) mass is 506 g/mol. The fourth-order valence-electron chi connectivity index (χ4n) is 4.44. The van der Waals surface area contributed by atoms with Crippen LogP contribution in [0.3, 0.4) is 0 Å². The molecule has 10 heteroatoms. The highest BCUT2D eigenvalue weighted by molar-refractivity contribution is 5.79. The average molecular weight is 507 g/mol. The highest BCUT2D eigenvalue weighted by atomic mass is 19.1. The third kappa shape index (κ3) is 6.45. The molecule has 194 valence electrons. The van der Waals surface area contributed by atoms with Crippen LogP contribution in [0.15, 0.2) is 53.3 Å². The lowest BCUT2D eigenvalue weighted by Gasteiger charge is -2.31. The minimum absolute atomic E-state index is 0.114. The highest BCUT2D eigenvalue weighted by Gasteiger charge is 2.27. The van der Waals surface area contributed by atoms with Gasteiger partial charge >= 0.3 is 5.97 Å². The van der Waals surface area contributed by atoms with E-state index in [1.165, 1.54) is 16.8 Å². The van der Waals surface area contributed by atoms with E-state index in [9.17, 15) is 14.0 Å². The fraction of sp³-hybridized carbons (Fsp3) is 0.370. The number of aromatic nitrogens is 5. The second-order valence-electron chi connectivity index (χ2n) is 9.05. The summed E-state index contributed by atoms with van der Waals surface area (Å²) in [6.07, 6.45) is 1.49. The van der Waals surface area contributed by atoms with Gasteiger partial charge in [0, 0.05) is 24.2 Å². The van der Waals surface area contributed by atoms with Crippen LogP contribution < -0.4 is 5.56 Å². The number of benzene rings is 2. The minimum atomic E-state index is -0.433. The molecule has 0 bridgehead atoms. The summed E-state index contributed by atoms with van der Waals surface area (Å²) in [5.74, 6) is -0.248. The molecule has 4 aromatic rings. The van der Waals surface area contributed by atoms with Gasteiger partial charge < -0.3 is 9.72 Å². The summed E-state index contributed by atoms with van der Waals surface area (Å²) in [4.78, 5) is 30.4. The van der Waals surface area contributed by atoms with Gasteiger partial charge in [0.2, 0.25) is 0 Å². The molecule has 0 aliphatic heterocycles. The van der Waals surface area contributed by atoms with Crippen LogP contribution in [0.25, 0.3) is 10.9 Å². The van der Waals surface area contributed by atoms with Crippen molar-refractivity contribution in [1.29, 1.82) is 0 Å². The molecule has 2 aromatic heterocycles. The molecule has 0 saturated heterocycles. The quantitative estimate of drug-likeness (QED) is 0.306. The number of nitrogens with zero attached hydrogens (tertiary/aromatic N) is 5. The van der Waals surface area contributed by atoms with E-state index in [2.05, 4.69) is 25.4 Å². The Morgan fingerprint density at radius 1 is 1.14 bits per heavy atom. The van der Waals surface area contributed by atoms with Gasteiger partial charge in [-0.3, -0.25) is 14.5 Å². The van der Waals surface area contributed by atoms with Crippen molar-refractivity contribution in [3.63, 3.8) is 0 Å². The van der Waals surface area contributed by atoms with Gasteiger partial charge in [-0.2, -0.15) is 0 Å². The average Bonchev–Trinajstić information content (AvgIpc) is 3.31. The third-order valence-electron chi connectivity index (χ3n) is 6.20. The van der Waals surface area contributed by atoms with Crippen LogP contribution in [-0.4, -0.2) is 42.7 Å². The van der Waals surface area contributed by atoms with E-state index in [-0.39, 0.29) is 30.6 Å². The number of tetrazole rings is 1. The summed E-state index contributed by atoms with van der Waals surface area (Å²) in [6, 6.07) is 13.8. The number of aryl methyl sites for hydroxylation is 1.